The van der Waals surface area contributed by atoms with Crippen molar-refractivity contribution in [2.24, 2.45) is 0 Å². The van der Waals surface area contributed by atoms with Crippen LogP contribution in [-0.4, -0.2) is 50.5 Å². The third kappa shape index (κ3) is 5.59. The number of amides is 1. The smallest absolute Gasteiger partial charge is 0.269 e. The van der Waals surface area contributed by atoms with Gasteiger partial charge in [0.15, 0.2) is 9.84 Å². The molecule has 0 saturated carbocycles. The van der Waals surface area contributed by atoms with Crippen LogP contribution in [0.1, 0.15) is 15.9 Å². The number of benzene rings is 3. The van der Waals surface area contributed by atoms with Gasteiger partial charge in [-0.25, -0.2) is 8.42 Å². The molecule has 0 spiro atoms. The van der Waals surface area contributed by atoms with Crippen LogP contribution < -0.4 is 4.74 Å². The van der Waals surface area contributed by atoms with Gasteiger partial charge in [0.2, 0.25) is 0 Å². The largest absolute Gasteiger partial charge is 0.457 e. The minimum absolute atomic E-state index is 0.0488. The number of ether oxygens (including phenoxy) is 2. The standard InChI is InChI=1S/C24H22N2O7S/c27-24(25-13-15-32-16-14-25)19-3-1-18(2-4-19)17-34(30,31)23-11-9-22(10-12-23)33-21-7-5-20(6-8-21)26(28)29/h1-12H,13-17H2. The molecule has 0 radical (unpaired) electrons. The Morgan fingerprint density at radius 3 is 2.03 bits per heavy atom. The zero-order chi connectivity index (χ0) is 24.1. The predicted molar refractivity (Wildman–Crippen MR) is 124 cm³/mol. The van der Waals surface area contributed by atoms with E-state index in [1.54, 1.807) is 29.2 Å². The first-order chi connectivity index (χ1) is 16.3. The Balaban J connectivity index is 1.39. The van der Waals surface area contributed by atoms with E-state index in [1.807, 2.05) is 0 Å². The molecular formula is C24H22N2O7S. The molecule has 9 nitrogen and oxygen atoms in total. The second-order valence-electron chi connectivity index (χ2n) is 7.69. The Labute approximate surface area is 196 Å². The number of morpholine rings is 1. The average molecular weight is 483 g/mol. The number of hydrogen-bond donors (Lipinski definition) is 0. The molecule has 0 N–H and O–H groups in total. The first kappa shape index (κ1) is 23.4. The molecule has 34 heavy (non-hydrogen) atoms. The van der Waals surface area contributed by atoms with E-state index in [-0.39, 0.29) is 22.2 Å². The molecule has 1 fully saturated rings. The normalized spacial score (nSPS) is 13.9. The van der Waals surface area contributed by atoms with Gasteiger partial charge in [-0.05, 0) is 54.1 Å². The maximum atomic E-state index is 12.8. The lowest BCUT2D eigenvalue weighted by Gasteiger charge is -2.26. The van der Waals surface area contributed by atoms with Crippen LogP contribution in [0.4, 0.5) is 5.69 Å². The van der Waals surface area contributed by atoms with Crippen LogP contribution in [0, 0.1) is 10.1 Å². The van der Waals surface area contributed by atoms with Crippen molar-refractivity contribution in [3.8, 4) is 11.5 Å². The van der Waals surface area contributed by atoms with Gasteiger partial charge in [0.25, 0.3) is 11.6 Å². The number of non-ortho nitro benzene ring substituents is 1. The van der Waals surface area contributed by atoms with Gasteiger partial charge in [0, 0.05) is 30.8 Å². The van der Waals surface area contributed by atoms with E-state index < -0.39 is 14.8 Å². The van der Waals surface area contributed by atoms with Crippen LogP contribution in [0.15, 0.2) is 77.7 Å². The van der Waals surface area contributed by atoms with Crippen LogP contribution >= 0.6 is 0 Å². The van der Waals surface area contributed by atoms with Crippen LogP contribution in [0.25, 0.3) is 0 Å². The Morgan fingerprint density at radius 1 is 0.912 bits per heavy atom. The van der Waals surface area contributed by atoms with Crippen molar-refractivity contribution in [1.82, 2.24) is 4.90 Å². The van der Waals surface area contributed by atoms with E-state index >= 15 is 0 Å². The molecule has 3 aromatic carbocycles. The van der Waals surface area contributed by atoms with Gasteiger partial charge in [0.1, 0.15) is 11.5 Å². The molecule has 0 unspecified atom stereocenters. The number of carbonyl (C=O) groups excluding carboxylic acids is 1. The lowest BCUT2D eigenvalue weighted by atomic mass is 10.1. The van der Waals surface area contributed by atoms with Gasteiger partial charge >= 0.3 is 0 Å². The first-order valence-electron chi connectivity index (χ1n) is 10.5. The maximum Gasteiger partial charge on any atom is 0.269 e. The maximum absolute atomic E-state index is 12.8. The lowest BCUT2D eigenvalue weighted by Crippen LogP contribution is -2.40. The van der Waals surface area contributed by atoms with Crippen molar-refractivity contribution in [2.75, 3.05) is 26.3 Å². The Morgan fingerprint density at radius 2 is 1.47 bits per heavy atom. The summed E-state index contributed by atoms with van der Waals surface area (Å²) in [5, 5.41) is 10.7. The van der Waals surface area contributed by atoms with Crippen molar-refractivity contribution in [3.63, 3.8) is 0 Å². The van der Waals surface area contributed by atoms with Crippen LogP contribution in [0.2, 0.25) is 0 Å². The zero-order valence-corrected chi connectivity index (χ0v) is 18.9. The molecule has 1 saturated heterocycles. The highest BCUT2D eigenvalue weighted by atomic mass is 32.2. The van der Waals surface area contributed by atoms with Crippen molar-refractivity contribution in [2.45, 2.75) is 10.6 Å². The van der Waals surface area contributed by atoms with E-state index in [0.29, 0.717) is 48.9 Å². The quantitative estimate of drug-likeness (QED) is 0.371. The van der Waals surface area contributed by atoms with Gasteiger partial charge in [-0.3, -0.25) is 14.9 Å². The summed E-state index contributed by atoms with van der Waals surface area (Å²) in [4.78, 5) is 24.6. The zero-order valence-electron chi connectivity index (χ0n) is 18.1. The van der Waals surface area contributed by atoms with Crippen molar-refractivity contribution < 1.29 is 27.6 Å². The summed E-state index contributed by atoms with van der Waals surface area (Å²) in [5.41, 5.74) is 1.04. The molecule has 4 rings (SSSR count). The topological polar surface area (TPSA) is 116 Å². The lowest BCUT2D eigenvalue weighted by molar-refractivity contribution is -0.384. The van der Waals surface area contributed by atoms with Gasteiger partial charge in [-0.15, -0.1) is 0 Å². The van der Waals surface area contributed by atoms with Crippen LogP contribution in [0.3, 0.4) is 0 Å². The molecule has 3 aromatic rings. The Kier molecular flexibility index (Phi) is 6.90. The fourth-order valence-electron chi connectivity index (χ4n) is 3.48. The van der Waals surface area contributed by atoms with Crippen molar-refractivity contribution >= 4 is 21.4 Å². The molecular weight excluding hydrogens is 460 g/mol. The molecule has 0 aromatic heterocycles. The van der Waals surface area contributed by atoms with E-state index in [9.17, 15) is 23.3 Å². The molecule has 1 aliphatic rings. The summed E-state index contributed by atoms with van der Waals surface area (Å²) >= 11 is 0. The molecule has 1 heterocycles. The minimum atomic E-state index is -3.61. The highest BCUT2D eigenvalue weighted by Gasteiger charge is 2.20. The monoisotopic (exact) mass is 482 g/mol. The third-order valence-corrected chi connectivity index (χ3v) is 7.03. The van der Waals surface area contributed by atoms with E-state index in [1.165, 1.54) is 48.5 Å². The summed E-state index contributed by atoms with van der Waals surface area (Å²) in [5.74, 6) is 0.495. The number of hydrogen-bond acceptors (Lipinski definition) is 7. The summed E-state index contributed by atoms with van der Waals surface area (Å²) in [6.45, 7) is 2.11. The highest BCUT2D eigenvalue weighted by molar-refractivity contribution is 7.90. The van der Waals surface area contributed by atoms with Gasteiger partial charge in [-0.1, -0.05) is 12.1 Å². The first-order valence-corrected chi connectivity index (χ1v) is 12.2. The fourth-order valence-corrected chi connectivity index (χ4v) is 4.83. The van der Waals surface area contributed by atoms with Gasteiger partial charge < -0.3 is 14.4 Å². The number of carbonyl (C=O) groups is 1. The van der Waals surface area contributed by atoms with Crippen molar-refractivity contribution in [3.05, 3.63) is 94.0 Å². The molecule has 1 amide bonds. The number of nitro groups is 1. The second kappa shape index (κ2) is 10.0. The molecule has 0 atom stereocenters. The van der Waals surface area contributed by atoms with Gasteiger partial charge in [-0.2, -0.15) is 0 Å². The Hall–Kier alpha value is -3.76. The fraction of sp³-hybridized carbons (Fsp3) is 0.208. The van der Waals surface area contributed by atoms with Gasteiger partial charge in [0.05, 0.1) is 28.8 Å². The number of nitro benzene ring substituents is 1. The third-order valence-electron chi connectivity index (χ3n) is 5.32. The summed E-state index contributed by atoms with van der Waals surface area (Å²) in [7, 11) is -3.61. The molecule has 10 heteroatoms. The van der Waals surface area contributed by atoms with Crippen LogP contribution in [-0.2, 0) is 20.3 Å². The highest BCUT2D eigenvalue weighted by Crippen LogP contribution is 2.26. The summed E-state index contributed by atoms with van der Waals surface area (Å²) in [6, 6.07) is 18.1. The van der Waals surface area contributed by atoms with E-state index in [4.69, 9.17) is 9.47 Å². The Bertz CT molecular complexity index is 1270. The molecule has 1 aliphatic heterocycles. The number of sulfone groups is 1. The SMILES string of the molecule is O=C(c1ccc(CS(=O)(=O)c2ccc(Oc3ccc([N+](=O)[O-])cc3)cc2)cc1)N1CCOCC1. The summed E-state index contributed by atoms with van der Waals surface area (Å²) in [6.07, 6.45) is 0. The van der Waals surface area contributed by atoms with E-state index in [0.717, 1.165) is 0 Å². The van der Waals surface area contributed by atoms with E-state index in [2.05, 4.69) is 0 Å². The average Bonchev–Trinajstić information content (AvgIpc) is 2.85. The molecule has 176 valence electrons. The summed E-state index contributed by atoms with van der Waals surface area (Å²) < 4.78 is 36.6. The molecule has 0 aliphatic carbocycles. The minimum Gasteiger partial charge on any atom is -0.457 e. The molecule has 0 bridgehead atoms. The number of nitrogens with zero attached hydrogens (tertiary/aromatic N) is 2. The number of rotatable bonds is 7. The van der Waals surface area contributed by atoms with Crippen molar-refractivity contribution in [1.29, 1.82) is 0 Å². The second-order valence-corrected chi connectivity index (χ2v) is 9.67. The predicted octanol–water partition coefficient (Wildman–Crippen LogP) is 3.83. The van der Waals surface area contributed by atoms with Crippen LogP contribution in [0.5, 0.6) is 11.5 Å².